The molecule has 1 aromatic heterocycles. The number of carbonyl (C=O) groups excluding carboxylic acids is 1. The van der Waals surface area contributed by atoms with Crippen molar-refractivity contribution in [2.45, 2.75) is 6.42 Å². The van der Waals surface area contributed by atoms with E-state index in [1.807, 2.05) is 0 Å². The van der Waals surface area contributed by atoms with Crippen molar-refractivity contribution < 1.29 is 9.18 Å². The molecular weight excluding hydrogens is 291 g/mol. The van der Waals surface area contributed by atoms with Gasteiger partial charge in [0.15, 0.2) is 11.6 Å². The van der Waals surface area contributed by atoms with Crippen LogP contribution < -0.4 is 0 Å². The van der Waals surface area contributed by atoms with E-state index in [2.05, 4.69) is 31.3 Å². The SMILES string of the molecule is Cn1nnc(CC(=O)c2c(F)cccc2Br)n1. The second kappa shape index (κ2) is 4.70. The van der Waals surface area contributed by atoms with Gasteiger partial charge in [-0.05, 0) is 33.3 Å². The quantitative estimate of drug-likeness (QED) is 0.807. The van der Waals surface area contributed by atoms with Crippen LogP contribution in [0.25, 0.3) is 0 Å². The van der Waals surface area contributed by atoms with Gasteiger partial charge in [0.1, 0.15) is 5.82 Å². The van der Waals surface area contributed by atoms with Crippen LogP contribution in [0.2, 0.25) is 0 Å². The number of Topliss-reactive ketones (excluding diaryl/α,β-unsaturated/α-hetero) is 1. The van der Waals surface area contributed by atoms with Gasteiger partial charge in [-0.2, -0.15) is 4.80 Å². The fourth-order valence-corrected chi connectivity index (χ4v) is 1.95. The molecule has 0 bridgehead atoms. The first kappa shape index (κ1) is 11.8. The Morgan fingerprint density at radius 3 is 2.88 bits per heavy atom. The number of hydrogen-bond donors (Lipinski definition) is 0. The third-order valence-electron chi connectivity index (χ3n) is 2.11. The van der Waals surface area contributed by atoms with Crippen LogP contribution in [-0.4, -0.2) is 26.0 Å². The summed E-state index contributed by atoms with van der Waals surface area (Å²) in [5, 5.41) is 11.2. The van der Waals surface area contributed by atoms with Gasteiger partial charge in [-0.3, -0.25) is 4.79 Å². The number of tetrazole rings is 1. The molecule has 2 aromatic rings. The van der Waals surface area contributed by atoms with Crippen LogP contribution in [0.5, 0.6) is 0 Å². The number of nitrogens with zero attached hydrogens (tertiary/aromatic N) is 4. The van der Waals surface area contributed by atoms with Crippen LogP contribution in [0.1, 0.15) is 16.2 Å². The van der Waals surface area contributed by atoms with E-state index in [0.717, 1.165) is 0 Å². The van der Waals surface area contributed by atoms with Crippen LogP contribution >= 0.6 is 15.9 Å². The van der Waals surface area contributed by atoms with Crippen LogP contribution in [0.4, 0.5) is 4.39 Å². The molecule has 0 spiro atoms. The van der Waals surface area contributed by atoms with Crippen LogP contribution in [-0.2, 0) is 13.5 Å². The van der Waals surface area contributed by atoms with Crippen LogP contribution in [0.15, 0.2) is 22.7 Å². The summed E-state index contributed by atoms with van der Waals surface area (Å²) in [5.41, 5.74) is 0.0138. The highest BCUT2D eigenvalue weighted by molar-refractivity contribution is 9.10. The van der Waals surface area contributed by atoms with Gasteiger partial charge in [-0.15, -0.1) is 10.2 Å². The molecule has 5 nitrogen and oxygen atoms in total. The molecule has 0 amide bonds. The molecule has 0 atom stereocenters. The van der Waals surface area contributed by atoms with Gasteiger partial charge in [0.25, 0.3) is 0 Å². The summed E-state index contributed by atoms with van der Waals surface area (Å²) in [6, 6.07) is 4.37. The highest BCUT2D eigenvalue weighted by Crippen LogP contribution is 2.20. The van der Waals surface area contributed by atoms with Crippen LogP contribution in [0, 0.1) is 5.82 Å². The second-order valence-corrected chi connectivity index (χ2v) is 4.25. The third kappa shape index (κ3) is 2.55. The van der Waals surface area contributed by atoms with Gasteiger partial charge in [0.05, 0.1) is 19.0 Å². The summed E-state index contributed by atoms with van der Waals surface area (Å²) in [6.45, 7) is 0. The number of carbonyl (C=O) groups is 1. The van der Waals surface area contributed by atoms with Crippen molar-refractivity contribution in [2.24, 2.45) is 7.05 Å². The molecule has 1 aromatic carbocycles. The van der Waals surface area contributed by atoms with Gasteiger partial charge in [0, 0.05) is 4.47 Å². The summed E-state index contributed by atoms with van der Waals surface area (Å²) in [6.07, 6.45) is -0.0760. The number of rotatable bonds is 3. The van der Waals surface area contributed by atoms with Crippen molar-refractivity contribution >= 4 is 21.7 Å². The number of hydrogen-bond acceptors (Lipinski definition) is 4. The standard InChI is InChI=1S/C10H8BrFN4O/c1-16-14-9(13-15-16)5-8(17)10-6(11)3-2-4-7(10)12/h2-4H,5H2,1H3. The Bertz CT molecular complexity index is 549. The highest BCUT2D eigenvalue weighted by atomic mass is 79.9. The largest absolute Gasteiger partial charge is 0.294 e. The molecule has 0 radical (unpaired) electrons. The van der Waals surface area contributed by atoms with E-state index in [-0.39, 0.29) is 23.6 Å². The maximum atomic E-state index is 13.5. The average Bonchev–Trinajstić information content (AvgIpc) is 2.63. The van der Waals surface area contributed by atoms with Crippen molar-refractivity contribution in [3.63, 3.8) is 0 Å². The minimum absolute atomic E-state index is 0.0138. The zero-order valence-electron chi connectivity index (χ0n) is 8.89. The Morgan fingerprint density at radius 2 is 2.29 bits per heavy atom. The zero-order valence-corrected chi connectivity index (χ0v) is 10.5. The van der Waals surface area contributed by atoms with Crippen molar-refractivity contribution in [3.8, 4) is 0 Å². The first-order valence-electron chi connectivity index (χ1n) is 4.78. The van der Waals surface area contributed by atoms with Crippen molar-refractivity contribution in [1.29, 1.82) is 0 Å². The monoisotopic (exact) mass is 298 g/mol. The smallest absolute Gasteiger partial charge is 0.182 e. The van der Waals surface area contributed by atoms with E-state index < -0.39 is 5.82 Å². The Labute approximate surface area is 105 Å². The summed E-state index contributed by atoms with van der Waals surface area (Å²) >= 11 is 3.14. The Balaban J connectivity index is 2.26. The minimum atomic E-state index is -0.562. The molecular formula is C10H8BrFN4O. The molecule has 0 unspecified atom stereocenters. The number of benzene rings is 1. The van der Waals surface area contributed by atoms with Crippen molar-refractivity contribution in [1.82, 2.24) is 20.2 Å². The maximum Gasteiger partial charge on any atom is 0.182 e. The molecule has 0 fully saturated rings. The molecule has 0 saturated heterocycles. The van der Waals surface area contributed by atoms with Gasteiger partial charge in [0.2, 0.25) is 0 Å². The van der Waals surface area contributed by atoms with Gasteiger partial charge in [-0.25, -0.2) is 4.39 Å². The molecule has 1 heterocycles. The van der Waals surface area contributed by atoms with Gasteiger partial charge < -0.3 is 0 Å². The molecule has 17 heavy (non-hydrogen) atoms. The normalized spacial score (nSPS) is 10.5. The summed E-state index contributed by atoms with van der Waals surface area (Å²) < 4.78 is 13.9. The zero-order chi connectivity index (χ0) is 12.4. The Kier molecular flexibility index (Phi) is 3.28. The molecule has 7 heteroatoms. The molecule has 0 aliphatic heterocycles. The first-order valence-corrected chi connectivity index (χ1v) is 5.57. The lowest BCUT2D eigenvalue weighted by Crippen LogP contribution is -2.08. The number of ketones is 1. The lowest BCUT2D eigenvalue weighted by atomic mass is 10.1. The van der Waals surface area contributed by atoms with E-state index in [4.69, 9.17) is 0 Å². The third-order valence-corrected chi connectivity index (χ3v) is 2.77. The minimum Gasteiger partial charge on any atom is -0.294 e. The molecule has 0 aliphatic rings. The first-order chi connectivity index (χ1) is 8.08. The molecule has 0 aliphatic carbocycles. The topological polar surface area (TPSA) is 60.7 Å². The number of aromatic nitrogens is 4. The van der Waals surface area contributed by atoms with E-state index in [1.165, 1.54) is 16.9 Å². The van der Waals surface area contributed by atoms with E-state index in [9.17, 15) is 9.18 Å². The second-order valence-electron chi connectivity index (χ2n) is 3.39. The number of halogens is 2. The van der Waals surface area contributed by atoms with E-state index in [1.54, 1.807) is 13.1 Å². The van der Waals surface area contributed by atoms with Crippen LogP contribution in [0.3, 0.4) is 0 Å². The lowest BCUT2D eigenvalue weighted by Gasteiger charge is -2.02. The predicted octanol–water partition coefficient (Wildman–Crippen LogP) is 1.54. The van der Waals surface area contributed by atoms with E-state index in [0.29, 0.717) is 4.47 Å². The predicted molar refractivity (Wildman–Crippen MR) is 60.9 cm³/mol. The van der Waals surface area contributed by atoms with Gasteiger partial charge in [-0.1, -0.05) is 6.07 Å². The van der Waals surface area contributed by atoms with Crippen molar-refractivity contribution in [3.05, 3.63) is 39.9 Å². The number of aryl methyl sites for hydroxylation is 1. The van der Waals surface area contributed by atoms with E-state index >= 15 is 0 Å². The summed E-state index contributed by atoms with van der Waals surface area (Å²) in [4.78, 5) is 13.1. The molecule has 0 saturated carbocycles. The van der Waals surface area contributed by atoms with Gasteiger partial charge >= 0.3 is 0 Å². The fraction of sp³-hybridized carbons (Fsp3) is 0.200. The van der Waals surface area contributed by atoms with Crippen molar-refractivity contribution in [2.75, 3.05) is 0 Å². The molecule has 88 valence electrons. The molecule has 2 rings (SSSR count). The summed E-state index contributed by atoms with van der Waals surface area (Å²) in [7, 11) is 1.60. The maximum absolute atomic E-state index is 13.5. The highest BCUT2D eigenvalue weighted by Gasteiger charge is 2.17. The average molecular weight is 299 g/mol. The fourth-order valence-electron chi connectivity index (χ4n) is 1.39. The Hall–Kier alpha value is -1.63. The lowest BCUT2D eigenvalue weighted by molar-refractivity contribution is 0.0986. The molecule has 0 N–H and O–H groups in total. The summed E-state index contributed by atoms with van der Waals surface area (Å²) in [5.74, 6) is -0.677. The Morgan fingerprint density at radius 1 is 1.53 bits per heavy atom.